The zero-order valence-electron chi connectivity index (χ0n) is 11.6. The number of hydrogen-bond acceptors (Lipinski definition) is 3. The van der Waals surface area contributed by atoms with E-state index in [1.807, 2.05) is 12.1 Å². The Kier molecular flexibility index (Phi) is 5.44. The summed E-state index contributed by atoms with van der Waals surface area (Å²) < 4.78 is 5.51. The lowest BCUT2D eigenvalue weighted by Gasteiger charge is -2.21. The van der Waals surface area contributed by atoms with E-state index in [0.717, 1.165) is 6.42 Å². The lowest BCUT2D eigenvalue weighted by atomic mass is 10.2. The van der Waals surface area contributed by atoms with Gasteiger partial charge in [0, 0.05) is 13.0 Å². The minimum absolute atomic E-state index is 0.123. The molecule has 1 atom stereocenters. The summed E-state index contributed by atoms with van der Waals surface area (Å²) in [6.07, 6.45) is 2.11. The Morgan fingerprint density at radius 3 is 2.86 bits per heavy atom. The first-order valence-electron chi connectivity index (χ1n) is 6.99. The molecule has 6 heteroatoms. The summed E-state index contributed by atoms with van der Waals surface area (Å²) in [7, 11) is 0. The van der Waals surface area contributed by atoms with Gasteiger partial charge in [0.2, 0.25) is 5.91 Å². The zero-order chi connectivity index (χ0) is 15.2. The molecule has 21 heavy (non-hydrogen) atoms. The standard InChI is InChI=1S/C15H18ClNO4/c16-11-5-1-2-7-13(11)21-10-4-8-14(18)17-9-3-6-12(17)15(19)20/h1-2,5,7,12H,3-4,6,8-10H2,(H,19,20). The number of likely N-dealkylation sites (tertiary alicyclic amines) is 1. The van der Waals surface area contributed by atoms with E-state index >= 15 is 0 Å². The van der Waals surface area contributed by atoms with Gasteiger partial charge in [-0.25, -0.2) is 4.79 Å². The van der Waals surface area contributed by atoms with Gasteiger partial charge in [-0.15, -0.1) is 0 Å². The second-order valence-corrected chi connectivity index (χ2v) is 5.37. The molecular formula is C15H18ClNO4. The first-order valence-corrected chi connectivity index (χ1v) is 7.37. The molecule has 1 saturated heterocycles. The average molecular weight is 312 g/mol. The molecule has 1 N–H and O–H groups in total. The highest BCUT2D eigenvalue weighted by Gasteiger charge is 2.33. The van der Waals surface area contributed by atoms with Crippen molar-refractivity contribution in [2.45, 2.75) is 31.7 Å². The van der Waals surface area contributed by atoms with E-state index in [9.17, 15) is 9.59 Å². The van der Waals surface area contributed by atoms with Gasteiger partial charge in [0.05, 0.1) is 11.6 Å². The number of carboxylic acids is 1. The van der Waals surface area contributed by atoms with Gasteiger partial charge >= 0.3 is 5.97 Å². The number of benzene rings is 1. The van der Waals surface area contributed by atoms with E-state index in [1.165, 1.54) is 4.90 Å². The summed E-state index contributed by atoms with van der Waals surface area (Å²) in [6.45, 7) is 0.905. The van der Waals surface area contributed by atoms with E-state index in [-0.39, 0.29) is 12.3 Å². The zero-order valence-corrected chi connectivity index (χ0v) is 12.4. The van der Waals surface area contributed by atoms with Gasteiger partial charge < -0.3 is 14.7 Å². The van der Waals surface area contributed by atoms with Crippen molar-refractivity contribution < 1.29 is 19.4 Å². The third kappa shape index (κ3) is 4.11. The molecule has 1 fully saturated rings. The van der Waals surface area contributed by atoms with Crippen molar-refractivity contribution in [3.63, 3.8) is 0 Å². The Morgan fingerprint density at radius 1 is 1.38 bits per heavy atom. The molecule has 1 aromatic carbocycles. The fourth-order valence-electron chi connectivity index (χ4n) is 2.43. The van der Waals surface area contributed by atoms with Gasteiger partial charge in [0.15, 0.2) is 0 Å². The van der Waals surface area contributed by atoms with Gasteiger partial charge in [-0.3, -0.25) is 4.79 Å². The number of amides is 1. The van der Waals surface area contributed by atoms with Crippen molar-refractivity contribution in [2.75, 3.05) is 13.2 Å². The SMILES string of the molecule is O=C(O)C1CCCN1C(=O)CCCOc1ccccc1Cl. The fraction of sp³-hybridized carbons (Fsp3) is 0.467. The third-order valence-electron chi connectivity index (χ3n) is 3.49. The number of carbonyl (C=O) groups excluding carboxylic acids is 1. The van der Waals surface area contributed by atoms with Crippen LogP contribution in [0.5, 0.6) is 5.75 Å². The number of aliphatic carboxylic acids is 1. The molecule has 0 saturated carbocycles. The maximum atomic E-state index is 12.0. The lowest BCUT2D eigenvalue weighted by Crippen LogP contribution is -2.40. The van der Waals surface area contributed by atoms with E-state index < -0.39 is 12.0 Å². The molecule has 2 rings (SSSR count). The Balaban J connectivity index is 1.75. The first kappa shape index (κ1) is 15.6. The second-order valence-electron chi connectivity index (χ2n) is 4.97. The van der Waals surface area contributed by atoms with Crippen LogP contribution in [0.2, 0.25) is 5.02 Å². The number of para-hydroxylation sites is 1. The Morgan fingerprint density at radius 2 is 2.14 bits per heavy atom. The van der Waals surface area contributed by atoms with Gasteiger partial charge in [-0.1, -0.05) is 23.7 Å². The van der Waals surface area contributed by atoms with Crippen molar-refractivity contribution in [2.24, 2.45) is 0 Å². The average Bonchev–Trinajstić information content (AvgIpc) is 2.95. The van der Waals surface area contributed by atoms with Crippen molar-refractivity contribution in [3.05, 3.63) is 29.3 Å². The number of nitrogens with zero attached hydrogens (tertiary/aromatic N) is 1. The molecule has 1 amide bonds. The highest BCUT2D eigenvalue weighted by molar-refractivity contribution is 6.32. The number of ether oxygens (including phenoxy) is 1. The number of hydrogen-bond donors (Lipinski definition) is 1. The normalized spacial score (nSPS) is 17.8. The van der Waals surface area contributed by atoms with E-state index in [1.54, 1.807) is 12.1 Å². The molecule has 0 radical (unpaired) electrons. The predicted octanol–water partition coefficient (Wildman–Crippen LogP) is 2.57. The van der Waals surface area contributed by atoms with Crippen molar-refractivity contribution in [3.8, 4) is 5.75 Å². The van der Waals surface area contributed by atoms with Crippen LogP contribution in [-0.4, -0.2) is 41.1 Å². The lowest BCUT2D eigenvalue weighted by molar-refractivity contribution is -0.148. The van der Waals surface area contributed by atoms with Crippen molar-refractivity contribution in [1.82, 2.24) is 4.90 Å². The molecule has 1 aromatic rings. The Hall–Kier alpha value is -1.75. The smallest absolute Gasteiger partial charge is 0.326 e. The highest BCUT2D eigenvalue weighted by atomic mass is 35.5. The summed E-state index contributed by atoms with van der Waals surface area (Å²) in [5.74, 6) is -0.452. The van der Waals surface area contributed by atoms with Crippen LogP contribution in [0.1, 0.15) is 25.7 Å². The molecule has 5 nitrogen and oxygen atoms in total. The third-order valence-corrected chi connectivity index (χ3v) is 3.80. The van der Waals surface area contributed by atoms with E-state index in [4.69, 9.17) is 21.4 Å². The van der Waals surface area contributed by atoms with Gasteiger partial charge in [-0.05, 0) is 31.4 Å². The fourth-order valence-corrected chi connectivity index (χ4v) is 2.62. The minimum Gasteiger partial charge on any atom is -0.492 e. The van der Waals surface area contributed by atoms with Crippen LogP contribution in [0.15, 0.2) is 24.3 Å². The van der Waals surface area contributed by atoms with E-state index in [2.05, 4.69) is 0 Å². The second kappa shape index (κ2) is 7.31. The number of halogens is 1. The summed E-state index contributed by atoms with van der Waals surface area (Å²) >= 11 is 5.96. The molecule has 0 spiro atoms. The Bertz CT molecular complexity index is 520. The molecule has 114 valence electrons. The number of rotatable bonds is 6. The summed E-state index contributed by atoms with van der Waals surface area (Å²) in [6, 6.07) is 6.49. The minimum atomic E-state index is -0.923. The van der Waals surface area contributed by atoms with Gasteiger partial charge in [0.1, 0.15) is 11.8 Å². The molecule has 1 aliphatic heterocycles. The summed E-state index contributed by atoms with van der Waals surface area (Å²) in [5, 5.41) is 9.59. The number of carbonyl (C=O) groups is 2. The van der Waals surface area contributed by atoms with Crippen LogP contribution in [0, 0.1) is 0 Å². The molecule has 0 aliphatic carbocycles. The molecule has 0 aromatic heterocycles. The van der Waals surface area contributed by atoms with Crippen LogP contribution in [0.25, 0.3) is 0 Å². The largest absolute Gasteiger partial charge is 0.492 e. The topological polar surface area (TPSA) is 66.8 Å². The quantitative estimate of drug-likeness (QED) is 0.820. The van der Waals surface area contributed by atoms with Crippen LogP contribution < -0.4 is 4.74 Å². The van der Waals surface area contributed by atoms with Gasteiger partial charge in [0.25, 0.3) is 0 Å². The molecule has 1 unspecified atom stereocenters. The van der Waals surface area contributed by atoms with Crippen molar-refractivity contribution >= 4 is 23.5 Å². The predicted molar refractivity (Wildman–Crippen MR) is 78.6 cm³/mol. The van der Waals surface area contributed by atoms with E-state index in [0.29, 0.717) is 36.8 Å². The molecule has 0 bridgehead atoms. The maximum Gasteiger partial charge on any atom is 0.326 e. The van der Waals surface area contributed by atoms with Crippen LogP contribution in [-0.2, 0) is 9.59 Å². The Labute approximate surface area is 128 Å². The molecule has 1 heterocycles. The van der Waals surface area contributed by atoms with Crippen LogP contribution in [0.3, 0.4) is 0 Å². The summed E-state index contributed by atoms with van der Waals surface area (Å²) in [4.78, 5) is 24.5. The monoisotopic (exact) mass is 311 g/mol. The number of carboxylic acid groups (broad SMARTS) is 1. The van der Waals surface area contributed by atoms with Crippen molar-refractivity contribution in [1.29, 1.82) is 0 Å². The molecular weight excluding hydrogens is 294 g/mol. The highest BCUT2D eigenvalue weighted by Crippen LogP contribution is 2.23. The first-order chi connectivity index (χ1) is 10.1. The van der Waals surface area contributed by atoms with Gasteiger partial charge in [-0.2, -0.15) is 0 Å². The molecule has 1 aliphatic rings. The van der Waals surface area contributed by atoms with Crippen LogP contribution >= 0.6 is 11.6 Å². The maximum absolute atomic E-state index is 12.0. The van der Waals surface area contributed by atoms with Crippen LogP contribution in [0.4, 0.5) is 0 Å². The summed E-state index contributed by atoms with van der Waals surface area (Å²) in [5.41, 5.74) is 0.